The monoisotopic (exact) mass is 205 g/mol. The van der Waals surface area contributed by atoms with Crippen molar-refractivity contribution >= 4 is 11.7 Å². The van der Waals surface area contributed by atoms with E-state index in [2.05, 4.69) is 15.0 Å². The van der Waals surface area contributed by atoms with Gasteiger partial charge in [-0.25, -0.2) is 4.79 Å². The molecule has 1 rings (SSSR count). The quantitative estimate of drug-likeness (QED) is 0.743. The highest BCUT2D eigenvalue weighted by atomic mass is 16.5. The molecule has 0 saturated carbocycles. The third-order valence-electron chi connectivity index (χ3n) is 1.87. The molecule has 1 atom stereocenters. The number of carbonyl (C=O) groups is 1. The van der Waals surface area contributed by atoms with E-state index in [-0.39, 0.29) is 5.97 Å². The molecule has 0 aliphatic heterocycles. The Labute approximate surface area is 87.7 Å². The first-order valence-electron chi connectivity index (χ1n) is 4.37. The Morgan fingerprint density at radius 1 is 1.73 bits per heavy atom. The lowest BCUT2D eigenvalue weighted by atomic mass is 10.2. The minimum absolute atomic E-state index is 0.386. The summed E-state index contributed by atoms with van der Waals surface area (Å²) in [5.74, 6) is -0.386. The van der Waals surface area contributed by atoms with Crippen LogP contribution in [0.1, 0.15) is 12.5 Å². The first kappa shape index (κ1) is 11.0. The van der Waals surface area contributed by atoms with Crippen molar-refractivity contribution in [3.05, 3.63) is 24.0 Å². The van der Waals surface area contributed by atoms with E-state index < -0.39 is 6.04 Å². The van der Waals surface area contributed by atoms with Crippen molar-refractivity contribution in [2.75, 3.05) is 12.4 Å². The number of nitrogens with one attached hydrogen (secondary N) is 1. The number of aromatic nitrogens is 1. The van der Waals surface area contributed by atoms with Gasteiger partial charge in [-0.05, 0) is 13.0 Å². The van der Waals surface area contributed by atoms with Crippen LogP contribution in [0.15, 0.2) is 18.5 Å². The zero-order chi connectivity index (χ0) is 11.3. The lowest BCUT2D eigenvalue weighted by Gasteiger charge is -2.13. The number of methoxy groups -OCH3 is 1. The number of ether oxygens (including phenoxy) is 1. The number of nitrogens with zero attached hydrogens (tertiary/aromatic N) is 2. The van der Waals surface area contributed by atoms with Crippen molar-refractivity contribution in [3.8, 4) is 6.07 Å². The highest BCUT2D eigenvalue weighted by Gasteiger charge is 2.13. The Balaban J connectivity index is 2.81. The fourth-order valence-electron chi connectivity index (χ4n) is 1.08. The second-order valence-corrected chi connectivity index (χ2v) is 2.92. The van der Waals surface area contributed by atoms with Crippen LogP contribution in [0.2, 0.25) is 0 Å². The molecular weight excluding hydrogens is 194 g/mol. The fraction of sp³-hybridized carbons (Fsp3) is 0.300. The lowest BCUT2D eigenvalue weighted by Crippen LogP contribution is -2.27. The summed E-state index contributed by atoms with van der Waals surface area (Å²) in [5.41, 5.74) is 0.971. The molecule has 1 N–H and O–H groups in total. The maximum atomic E-state index is 11.1. The molecule has 0 spiro atoms. The van der Waals surface area contributed by atoms with Gasteiger partial charge in [0.1, 0.15) is 12.1 Å². The van der Waals surface area contributed by atoms with Gasteiger partial charge >= 0.3 is 5.97 Å². The van der Waals surface area contributed by atoms with Gasteiger partial charge in [0.2, 0.25) is 0 Å². The van der Waals surface area contributed by atoms with Gasteiger partial charge in [0, 0.05) is 6.20 Å². The Hall–Kier alpha value is -2.09. The number of carbonyl (C=O) groups excluding carboxylic acids is 1. The van der Waals surface area contributed by atoms with Crippen molar-refractivity contribution in [1.29, 1.82) is 5.26 Å². The Morgan fingerprint density at radius 2 is 2.47 bits per heavy atom. The molecule has 0 fully saturated rings. The molecule has 0 aliphatic carbocycles. The van der Waals surface area contributed by atoms with E-state index in [1.807, 2.05) is 6.07 Å². The Kier molecular flexibility index (Phi) is 3.63. The standard InChI is InChI=1S/C10H11N3O2/c1-7(10(14)15-2)13-9-6-12-4-3-8(9)5-11/h3-4,6-7,13H,1-2H3. The van der Waals surface area contributed by atoms with E-state index >= 15 is 0 Å². The van der Waals surface area contributed by atoms with Crippen LogP contribution in [0, 0.1) is 11.3 Å². The number of rotatable bonds is 3. The molecule has 15 heavy (non-hydrogen) atoms. The van der Waals surface area contributed by atoms with Gasteiger partial charge in [0.05, 0.1) is 24.6 Å². The van der Waals surface area contributed by atoms with Gasteiger partial charge < -0.3 is 10.1 Å². The van der Waals surface area contributed by atoms with E-state index in [1.54, 1.807) is 13.0 Å². The molecule has 1 aromatic heterocycles. The summed E-state index contributed by atoms with van der Waals surface area (Å²) in [5, 5.41) is 11.6. The Bertz CT molecular complexity index is 398. The van der Waals surface area contributed by atoms with Crippen molar-refractivity contribution in [3.63, 3.8) is 0 Å². The van der Waals surface area contributed by atoms with Gasteiger partial charge in [-0.3, -0.25) is 4.98 Å². The summed E-state index contributed by atoms with van der Waals surface area (Å²) >= 11 is 0. The summed E-state index contributed by atoms with van der Waals surface area (Å²) < 4.78 is 4.55. The van der Waals surface area contributed by atoms with E-state index in [1.165, 1.54) is 19.5 Å². The number of esters is 1. The molecule has 1 aromatic rings. The van der Waals surface area contributed by atoms with Crippen LogP contribution < -0.4 is 5.32 Å². The number of anilines is 1. The molecule has 1 unspecified atom stereocenters. The molecule has 78 valence electrons. The number of nitriles is 1. The highest BCUT2D eigenvalue weighted by Crippen LogP contribution is 2.13. The average molecular weight is 205 g/mol. The smallest absolute Gasteiger partial charge is 0.327 e. The molecule has 0 aromatic carbocycles. The molecule has 0 radical (unpaired) electrons. The number of hydrogen-bond acceptors (Lipinski definition) is 5. The SMILES string of the molecule is COC(=O)C(C)Nc1cnccc1C#N. The highest BCUT2D eigenvalue weighted by molar-refractivity contribution is 5.79. The average Bonchev–Trinajstić information content (AvgIpc) is 2.28. The van der Waals surface area contributed by atoms with E-state index in [4.69, 9.17) is 5.26 Å². The fourth-order valence-corrected chi connectivity index (χ4v) is 1.08. The third-order valence-corrected chi connectivity index (χ3v) is 1.87. The van der Waals surface area contributed by atoms with Gasteiger partial charge in [0.25, 0.3) is 0 Å². The summed E-state index contributed by atoms with van der Waals surface area (Å²) in [6, 6.07) is 3.07. The molecule has 5 heteroatoms. The van der Waals surface area contributed by atoms with Crippen molar-refractivity contribution in [2.45, 2.75) is 13.0 Å². The Morgan fingerprint density at radius 3 is 3.07 bits per heavy atom. The number of pyridine rings is 1. The van der Waals surface area contributed by atoms with Crippen molar-refractivity contribution in [2.24, 2.45) is 0 Å². The van der Waals surface area contributed by atoms with Crippen LogP contribution in [-0.4, -0.2) is 24.1 Å². The first-order valence-corrected chi connectivity index (χ1v) is 4.37. The lowest BCUT2D eigenvalue weighted by molar-refractivity contribution is -0.141. The van der Waals surface area contributed by atoms with Gasteiger partial charge in [-0.1, -0.05) is 0 Å². The minimum Gasteiger partial charge on any atom is -0.467 e. The zero-order valence-electron chi connectivity index (χ0n) is 8.52. The second kappa shape index (κ2) is 4.96. The summed E-state index contributed by atoms with van der Waals surface area (Å²) in [6.07, 6.45) is 3.02. The van der Waals surface area contributed by atoms with Gasteiger partial charge in [0.15, 0.2) is 0 Å². The van der Waals surface area contributed by atoms with Crippen LogP contribution in [0.25, 0.3) is 0 Å². The van der Waals surface area contributed by atoms with E-state index in [9.17, 15) is 4.79 Å². The minimum atomic E-state index is -0.508. The van der Waals surface area contributed by atoms with Crippen LogP contribution >= 0.6 is 0 Å². The van der Waals surface area contributed by atoms with Crippen LogP contribution in [-0.2, 0) is 9.53 Å². The summed E-state index contributed by atoms with van der Waals surface area (Å²) in [6.45, 7) is 1.65. The topological polar surface area (TPSA) is 75.0 Å². The van der Waals surface area contributed by atoms with Gasteiger partial charge in [-0.2, -0.15) is 5.26 Å². The maximum absolute atomic E-state index is 11.1. The molecular formula is C10H11N3O2. The third kappa shape index (κ3) is 2.68. The van der Waals surface area contributed by atoms with Crippen molar-refractivity contribution in [1.82, 2.24) is 4.98 Å². The largest absolute Gasteiger partial charge is 0.467 e. The van der Waals surface area contributed by atoms with Crippen LogP contribution in [0.3, 0.4) is 0 Å². The molecule has 1 heterocycles. The molecule has 0 aliphatic rings. The maximum Gasteiger partial charge on any atom is 0.327 e. The summed E-state index contributed by atoms with van der Waals surface area (Å²) in [7, 11) is 1.31. The molecule has 0 bridgehead atoms. The molecule has 0 saturated heterocycles. The molecule has 0 amide bonds. The van der Waals surface area contributed by atoms with E-state index in [0.717, 1.165) is 0 Å². The normalized spacial score (nSPS) is 11.3. The first-order chi connectivity index (χ1) is 7.19. The van der Waals surface area contributed by atoms with Crippen molar-refractivity contribution < 1.29 is 9.53 Å². The predicted octanol–water partition coefficient (Wildman–Crippen LogP) is 0.927. The second-order valence-electron chi connectivity index (χ2n) is 2.92. The predicted molar refractivity (Wildman–Crippen MR) is 54.1 cm³/mol. The van der Waals surface area contributed by atoms with Gasteiger partial charge in [-0.15, -0.1) is 0 Å². The molecule has 5 nitrogen and oxygen atoms in total. The number of hydrogen-bond donors (Lipinski definition) is 1. The van der Waals surface area contributed by atoms with E-state index in [0.29, 0.717) is 11.3 Å². The zero-order valence-corrected chi connectivity index (χ0v) is 8.52. The van der Waals surface area contributed by atoms with Crippen LogP contribution in [0.5, 0.6) is 0 Å². The van der Waals surface area contributed by atoms with Crippen LogP contribution in [0.4, 0.5) is 5.69 Å². The summed E-state index contributed by atoms with van der Waals surface area (Å²) in [4.78, 5) is 15.0.